The van der Waals surface area contributed by atoms with Crippen molar-refractivity contribution in [2.24, 2.45) is 16.3 Å². The fourth-order valence-electron chi connectivity index (χ4n) is 2.42. The molecule has 2 rings (SSSR count). The number of β-amino-alcohol motifs (C(OH)–C–C–N with tert-alkyl or cyclic N) is 1. The van der Waals surface area contributed by atoms with Gasteiger partial charge >= 0.3 is 0 Å². The molecule has 5 heteroatoms. The van der Waals surface area contributed by atoms with Crippen molar-refractivity contribution in [1.29, 1.82) is 0 Å². The Hall–Kier alpha value is -0.810. The molecular formula is C10H19N3O2. The average Bonchev–Trinajstić information content (AvgIpc) is 2.82. The van der Waals surface area contributed by atoms with E-state index in [4.69, 9.17) is 10.9 Å². The smallest absolute Gasteiger partial charge is 0.139 e. The van der Waals surface area contributed by atoms with Gasteiger partial charge in [-0.25, -0.2) is 0 Å². The number of rotatable bonds is 4. The van der Waals surface area contributed by atoms with Gasteiger partial charge in [-0.2, -0.15) is 0 Å². The standard InChI is InChI=1S/C10H19N3O2/c11-9(12-15)5-10(2-3-10)7-13-4-1-8(14)6-13/h8,14-15H,1-7H2,(H2,11,12). The van der Waals surface area contributed by atoms with Crippen molar-refractivity contribution in [3.8, 4) is 0 Å². The SMILES string of the molecule is NC(CC1(CN2CCC(O)C2)CC1)=NO. The molecule has 1 aliphatic heterocycles. The second kappa shape index (κ2) is 3.98. The number of likely N-dealkylation sites (tertiary alicyclic amines) is 1. The third-order valence-corrected chi connectivity index (χ3v) is 3.45. The van der Waals surface area contributed by atoms with Crippen molar-refractivity contribution in [2.45, 2.75) is 31.8 Å². The number of hydrogen-bond acceptors (Lipinski definition) is 4. The summed E-state index contributed by atoms with van der Waals surface area (Å²) in [6, 6.07) is 0. The van der Waals surface area contributed by atoms with Gasteiger partial charge in [-0.05, 0) is 24.7 Å². The van der Waals surface area contributed by atoms with Crippen LogP contribution in [0.5, 0.6) is 0 Å². The fourth-order valence-corrected chi connectivity index (χ4v) is 2.42. The summed E-state index contributed by atoms with van der Waals surface area (Å²) in [5.74, 6) is 0.326. The fraction of sp³-hybridized carbons (Fsp3) is 0.900. The quantitative estimate of drug-likeness (QED) is 0.265. The molecule has 0 radical (unpaired) electrons. The molecule has 1 aliphatic carbocycles. The van der Waals surface area contributed by atoms with Crippen molar-refractivity contribution in [1.82, 2.24) is 4.90 Å². The first-order valence-electron chi connectivity index (χ1n) is 5.50. The zero-order valence-electron chi connectivity index (χ0n) is 8.89. The second-order valence-electron chi connectivity index (χ2n) is 4.95. The van der Waals surface area contributed by atoms with Gasteiger partial charge in [-0.1, -0.05) is 5.16 Å². The average molecular weight is 213 g/mol. The number of hydrogen-bond donors (Lipinski definition) is 3. The summed E-state index contributed by atoms with van der Waals surface area (Å²) < 4.78 is 0. The second-order valence-corrected chi connectivity index (χ2v) is 4.95. The van der Waals surface area contributed by atoms with Gasteiger partial charge in [-0.15, -0.1) is 0 Å². The van der Waals surface area contributed by atoms with Crippen molar-refractivity contribution < 1.29 is 10.3 Å². The maximum atomic E-state index is 9.41. The van der Waals surface area contributed by atoms with Crippen molar-refractivity contribution in [3.63, 3.8) is 0 Å². The molecule has 4 N–H and O–H groups in total. The number of nitrogens with two attached hydrogens (primary N) is 1. The molecule has 0 amide bonds. The van der Waals surface area contributed by atoms with Crippen LogP contribution in [-0.2, 0) is 0 Å². The summed E-state index contributed by atoms with van der Waals surface area (Å²) in [4.78, 5) is 2.28. The van der Waals surface area contributed by atoms with Crippen LogP contribution >= 0.6 is 0 Å². The molecule has 0 aromatic rings. The largest absolute Gasteiger partial charge is 0.409 e. The lowest BCUT2D eigenvalue weighted by Gasteiger charge is -2.22. The molecule has 5 nitrogen and oxygen atoms in total. The summed E-state index contributed by atoms with van der Waals surface area (Å²) in [5.41, 5.74) is 5.76. The summed E-state index contributed by atoms with van der Waals surface area (Å²) in [6.07, 6.45) is 3.69. The van der Waals surface area contributed by atoms with E-state index in [9.17, 15) is 5.11 Å². The van der Waals surface area contributed by atoms with E-state index in [2.05, 4.69) is 10.1 Å². The highest BCUT2D eigenvalue weighted by Crippen LogP contribution is 2.49. The van der Waals surface area contributed by atoms with Crippen molar-refractivity contribution in [2.75, 3.05) is 19.6 Å². The zero-order chi connectivity index (χ0) is 10.9. The molecule has 15 heavy (non-hydrogen) atoms. The Morgan fingerprint density at radius 1 is 1.53 bits per heavy atom. The van der Waals surface area contributed by atoms with Gasteiger partial charge in [0.1, 0.15) is 5.84 Å². The van der Waals surface area contributed by atoms with Gasteiger partial charge in [0, 0.05) is 26.1 Å². The monoisotopic (exact) mass is 213 g/mol. The molecule has 2 fully saturated rings. The third kappa shape index (κ3) is 2.60. The minimum Gasteiger partial charge on any atom is -0.409 e. The minimum atomic E-state index is -0.162. The number of nitrogens with zero attached hydrogens (tertiary/aromatic N) is 2. The Balaban J connectivity index is 1.83. The van der Waals surface area contributed by atoms with Crippen LogP contribution in [0, 0.1) is 5.41 Å². The minimum absolute atomic E-state index is 0.162. The van der Waals surface area contributed by atoms with E-state index < -0.39 is 0 Å². The Kier molecular flexibility index (Phi) is 2.84. The predicted octanol–water partition coefficient (Wildman–Crippen LogP) is -0.0303. The highest BCUT2D eigenvalue weighted by atomic mass is 16.4. The van der Waals surface area contributed by atoms with Crippen LogP contribution in [0.3, 0.4) is 0 Å². The molecule has 0 aromatic carbocycles. The Bertz CT molecular complexity index is 263. The first kappa shape index (κ1) is 10.7. The van der Waals surface area contributed by atoms with Crippen LogP contribution in [0.15, 0.2) is 5.16 Å². The molecule has 1 heterocycles. The summed E-state index contributed by atoms with van der Waals surface area (Å²) in [7, 11) is 0. The normalized spacial score (nSPS) is 30.7. The Labute approximate surface area is 89.5 Å². The molecule has 0 spiro atoms. The van der Waals surface area contributed by atoms with Gasteiger partial charge in [0.25, 0.3) is 0 Å². The van der Waals surface area contributed by atoms with E-state index in [0.717, 1.165) is 38.9 Å². The lowest BCUT2D eigenvalue weighted by Crippen LogP contribution is -2.32. The van der Waals surface area contributed by atoms with E-state index in [1.165, 1.54) is 0 Å². The van der Waals surface area contributed by atoms with E-state index in [0.29, 0.717) is 12.3 Å². The summed E-state index contributed by atoms with van der Waals surface area (Å²) in [6.45, 7) is 2.72. The van der Waals surface area contributed by atoms with E-state index >= 15 is 0 Å². The van der Waals surface area contributed by atoms with Crippen molar-refractivity contribution in [3.05, 3.63) is 0 Å². The Morgan fingerprint density at radius 3 is 2.73 bits per heavy atom. The van der Waals surface area contributed by atoms with Crippen LogP contribution in [0.1, 0.15) is 25.7 Å². The highest BCUT2D eigenvalue weighted by Gasteiger charge is 2.45. The topological polar surface area (TPSA) is 82.1 Å². The van der Waals surface area contributed by atoms with Crippen LogP contribution in [0.2, 0.25) is 0 Å². The highest BCUT2D eigenvalue weighted by molar-refractivity contribution is 5.80. The number of amidine groups is 1. The van der Waals surface area contributed by atoms with E-state index in [1.807, 2.05) is 0 Å². The number of aliphatic hydroxyl groups excluding tert-OH is 1. The van der Waals surface area contributed by atoms with Gasteiger partial charge in [0.15, 0.2) is 0 Å². The summed E-state index contributed by atoms with van der Waals surface area (Å²) in [5, 5.41) is 21.0. The lowest BCUT2D eigenvalue weighted by molar-refractivity contribution is 0.168. The van der Waals surface area contributed by atoms with Gasteiger partial charge in [0.05, 0.1) is 6.10 Å². The Morgan fingerprint density at radius 2 is 2.27 bits per heavy atom. The molecule has 1 saturated heterocycles. The number of oxime groups is 1. The van der Waals surface area contributed by atoms with Gasteiger partial charge in [-0.3, -0.25) is 0 Å². The molecule has 2 aliphatic rings. The van der Waals surface area contributed by atoms with E-state index in [1.54, 1.807) is 0 Å². The molecule has 1 atom stereocenters. The number of aliphatic hydroxyl groups is 1. The zero-order valence-corrected chi connectivity index (χ0v) is 8.89. The predicted molar refractivity (Wildman–Crippen MR) is 56.8 cm³/mol. The van der Waals surface area contributed by atoms with Crippen LogP contribution in [-0.4, -0.2) is 46.8 Å². The van der Waals surface area contributed by atoms with Crippen LogP contribution < -0.4 is 5.73 Å². The first-order valence-corrected chi connectivity index (χ1v) is 5.50. The van der Waals surface area contributed by atoms with Crippen molar-refractivity contribution >= 4 is 5.84 Å². The first-order chi connectivity index (χ1) is 7.13. The van der Waals surface area contributed by atoms with Crippen LogP contribution in [0.25, 0.3) is 0 Å². The maximum Gasteiger partial charge on any atom is 0.139 e. The molecular weight excluding hydrogens is 194 g/mol. The van der Waals surface area contributed by atoms with Gasteiger partial charge < -0.3 is 20.9 Å². The molecule has 1 saturated carbocycles. The van der Waals surface area contributed by atoms with Gasteiger partial charge in [0.2, 0.25) is 0 Å². The summed E-state index contributed by atoms with van der Waals surface area (Å²) >= 11 is 0. The molecule has 0 aromatic heterocycles. The lowest BCUT2D eigenvalue weighted by atomic mass is 10.0. The maximum absolute atomic E-state index is 9.41. The van der Waals surface area contributed by atoms with E-state index in [-0.39, 0.29) is 11.5 Å². The molecule has 0 bridgehead atoms. The third-order valence-electron chi connectivity index (χ3n) is 3.45. The molecule has 86 valence electrons. The van der Waals surface area contributed by atoms with Crippen LogP contribution in [0.4, 0.5) is 0 Å². The molecule has 1 unspecified atom stereocenters.